The summed E-state index contributed by atoms with van der Waals surface area (Å²) in [5.74, 6) is -0.509. The molecule has 0 aliphatic heterocycles. The number of carbonyl (C=O) groups excluding carboxylic acids is 1. The van der Waals surface area contributed by atoms with Gasteiger partial charge in [0, 0.05) is 6.42 Å². The van der Waals surface area contributed by atoms with Gasteiger partial charge in [-0.2, -0.15) is 0 Å². The quantitative estimate of drug-likeness (QED) is 0.0596. The molecule has 1 aliphatic rings. The summed E-state index contributed by atoms with van der Waals surface area (Å²) in [6, 6.07) is 0. The maximum atomic E-state index is 12.1. The van der Waals surface area contributed by atoms with Crippen LogP contribution in [0.2, 0.25) is 0 Å². The van der Waals surface area contributed by atoms with Gasteiger partial charge in [-0.15, -0.1) is 0 Å². The zero-order chi connectivity index (χ0) is 28.6. The van der Waals surface area contributed by atoms with Gasteiger partial charge in [0.05, 0.1) is 6.61 Å². The molecule has 0 aromatic carbocycles. The number of aliphatic hydroxyl groups excluding tert-OH is 6. The molecule has 12 nitrogen and oxygen atoms in total. The van der Waals surface area contributed by atoms with E-state index in [2.05, 4.69) is 16.0 Å². The lowest BCUT2D eigenvalue weighted by Gasteiger charge is -2.41. The Bertz CT molecular complexity index is 665. The van der Waals surface area contributed by atoms with Crippen LogP contribution in [0.1, 0.15) is 96.8 Å². The lowest BCUT2D eigenvalue weighted by molar-refractivity contribution is -0.220. The van der Waals surface area contributed by atoms with E-state index >= 15 is 0 Å². The maximum absolute atomic E-state index is 12.1. The van der Waals surface area contributed by atoms with E-state index in [4.69, 9.17) is 4.74 Å². The number of aliphatic hydroxyl groups is 6. The van der Waals surface area contributed by atoms with Gasteiger partial charge >= 0.3 is 13.8 Å². The highest BCUT2D eigenvalue weighted by molar-refractivity contribution is 7.47. The van der Waals surface area contributed by atoms with Crippen LogP contribution in [0.5, 0.6) is 0 Å². The van der Waals surface area contributed by atoms with Gasteiger partial charge in [0.25, 0.3) is 0 Å². The molecule has 6 unspecified atom stereocenters. The minimum absolute atomic E-state index is 0.195. The molecule has 1 saturated carbocycles. The Morgan fingerprint density at radius 1 is 0.711 bits per heavy atom. The molecular weight excluding hydrogens is 523 g/mol. The van der Waals surface area contributed by atoms with E-state index in [0.29, 0.717) is 6.42 Å². The molecule has 0 aromatic rings. The molecule has 0 heterocycles. The van der Waals surface area contributed by atoms with E-state index in [0.717, 1.165) is 19.3 Å². The molecule has 0 radical (unpaired) electrons. The van der Waals surface area contributed by atoms with Gasteiger partial charge in [0.2, 0.25) is 0 Å². The normalized spacial score (nSPS) is 28.1. The molecular formula is C25H49O12P. The molecule has 0 aromatic heterocycles. The van der Waals surface area contributed by atoms with Crippen molar-refractivity contribution in [2.45, 2.75) is 140 Å². The van der Waals surface area contributed by atoms with E-state index in [-0.39, 0.29) is 6.42 Å². The third-order valence-electron chi connectivity index (χ3n) is 6.68. The highest BCUT2D eigenvalue weighted by atomic mass is 31.2. The molecule has 1 rings (SSSR count). The minimum Gasteiger partial charge on any atom is -0.463 e. The average Bonchev–Trinajstić information content (AvgIpc) is 2.89. The fourth-order valence-electron chi connectivity index (χ4n) is 4.28. The van der Waals surface area contributed by atoms with Gasteiger partial charge in [-0.3, -0.25) is 13.8 Å². The number of phosphoric acid groups is 1. The van der Waals surface area contributed by atoms with Gasteiger partial charge in [-0.25, -0.2) is 4.57 Å². The Balaban J connectivity index is 2.11. The van der Waals surface area contributed by atoms with Crippen molar-refractivity contribution in [3.8, 4) is 0 Å². The van der Waals surface area contributed by atoms with Crippen molar-refractivity contribution < 1.29 is 58.7 Å². The van der Waals surface area contributed by atoms with E-state index < -0.39 is 69.7 Å². The highest BCUT2D eigenvalue weighted by Crippen LogP contribution is 2.47. The Labute approximate surface area is 225 Å². The molecule has 0 amide bonds. The number of unbranched alkanes of at least 4 members (excludes halogenated alkanes) is 12. The van der Waals surface area contributed by atoms with Crippen LogP contribution in [0.3, 0.4) is 0 Å². The van der Waals surface area contributed by atoms with Gasteiger partial charge in [0.1, 0.15) is 49.3 Å². The van der Waals surface area contributed by atoms with Gasteiger partial charge in [-0.1, -0.05) is 84.0 Å². The largest absolute Gasteiger partial charge is 0.472 e. The second kappa shape index (κ2) is 19.4. The Morgan fingerprint density at radius 3 is 1.61 bits per heavy atom. The van der Waals surface area contributed by atoms with Gasteiger partial charge < -0.3 is 40.3 Å². The van der Waals surface area contributed by atoms with Crippen LogP contribution >= 0.6 is 7.82 Å². The number of hydrogen-bond donors (Lipinski definition) is 7. The Hall–Kier alpha value is -0.660. The van der Waals surface area contributed by atoms with Crippen molar-refractivity contribution in [3.63, 3.8) is 0 Å². The molecule has 226 valence electrons. The summed E-state index contributed by atoms with van der Waals surface area (Å²) in [7, 11) is -4.98. The van der Waals surface area contributed by atoms with Crippen molar-refractivity contribution in [2.24, 2.45) is 0 Å². The summed E-state index contributed by atoms with van der Waals surface area (Å²) in [5.41, 5.74) is 0. The van der Waals surface area contributed by atoms with Crippen LogP contribution in [-0.2, 0) is 23.1 Å². The molecule has 1 aliphatic carbocycles. The van der Waals surface area contributed by atoms with E-state index in [1.54, 1.807) is 0 Å². The van der Waals surface area contributed by atoms with Crippen LogP contribution < -0.4 is 0 Å². The van der Waals surface area contributed by atoms with Crippen LogP contribution in [0.25, 0.3) is 0 Å². The SMILES string of the molecule is CCCCCCCCCCCCCCCC(=O)OC[C@@H](O)COP(=O)(O)OC1C(O)C(O)C(O)C(O)[C@@H]1O. The van der Waals surface area contributed by atoms with Crippen molar-refractivity contribution >= 4 is 13.8 Å². The molecule has 38 heavy (non-hydrogen) atoms. The Kier molecular flexibility index (Phi) is 18.1. The lowest BCUT2D eigenvalue weighted by atomic mass is 9.85. The smallest absolute Gasteiger partial charge is 0.463 e. The summed E-state index contributed by atoms with van der Waals surface area (Å²) in [4.78, 5) is 21.6. The molecule has 13 heteroatoms. The van der Waals surface area contributed by atoms with Crippen LogP contribution in [0.15, 0.2) is 0 Å². The van der Waals surface area contributed by atoms with Crippen molar-refractivity contribution in [1.82, 2.24) is 0 Å². The molecule has 7 N–H and O–H groups in total. The molecule has 0 spiro atoms. The van der Waals surface area contributed by atoms with Crippen molar-refractivity contribution in [2.75, 3.05) is 13.2 Å². The Morgan fingerprint density at radius 2 is 1.13 bits per heavy atom. The zero-order valence-electron chi connectivity index (χ0n) is 22.5. The second-order valence-corrected chi connectivity index (χ2v) is 11.5. The first kappa shape index (κ1) is 35.4. The first-order valence-electron chi connectivity index (χ1n) is 13.9. The van der Waals surface area contributed by atoms with Crippen molar-refractivity contribution in [3.05, 3.63) is 0 Å². The molecule has 0 saturated heterocycles. The highest BCUT2D eigenvalue weighted by Gasteiger charge is 2.51. The minimum atomic E-state index is -4.98. The molecule has 0 bridgehead atoms. The number of ether oxygens (including phenoxy) is 1. The van der Waals surface area contributed by atoms with E-state index in [1.165, 1.54) is 57.8 Å². The maximum Gasteiger partial charge on any atom is 0.472 e. The van der Waals surface area contributed by atoms with Crippen LogP contribution in [0.4, 0.5) is 0 Å². The topological polar surface area (TPSA) is 203 Å². The summed E-state index contributed by atoms with van der Waals surface area (Å²) >= 11 is 0. The zero-order valence-corrected chi connectivity index (χ0v) is 23.4. The predicted octanol–water partition coefficient (Wildman–Crippen LogP) is 1.69. The number of hydrogen-bond acceptors (Lipinski definition) is 11. The van der Waals surface area contributed by atoms with Gasteiger partial charge in [0.15, 0.2) is 0 Å². The standard InChI is InChI=1S/C25H49O12P/c1-2-3-4-5-6-7-8-9-10-11-12-13-14-15-19(27)35-16-18(26)17-36-38(33,34)37-25-23(31)21(29)20(28)22(30)24(25)32/h18,20-26,28-32H,2-17H2,1H3,(H,33,34)/t18-,20?,21?,22?,23+,24?,25?/m1/s1. The molecule has 1 fully saturated rings. The molecule has 8 atom stereocenters. The fourth-order valence-corrected chi connectivity index (χ4v) is 5.26. The first-order valence-corrected chi connectivity index (χ1v) is 15.4. The third-order valence-corrected chi connectivity index (χ3v) is 7.66. The third kappa shape index (κ3) is 14.1. The number of phosphoric ester groups is 1. The van der Waals surface area contributed by atoms with Crippen LogP contribution in [0, 0.1) is 0 Å². The summed E-state index contributed by atoms with van der Waals surface area (Å²) < 4.78 is 26.3. The number of rotatable bonds is 21. The summed E-state index contributed by atoms with van der Waals surface area (Å²) in [5, 5.41) is 58.5. The predicted molar refractivity (Wildman–Crippen MR) is 138 cm³/mol. The van der Waals surface area contributed by atoms with E-state index in [1.807, 2.05) is 0 Å². The second-order valence-electron chi connectivity index (χ2n) is 10.1. The number of esters is 1. The first-order chi connectivity index (χ1) is 18.0. The number of carbonyl (C=O) groups is 1. The van der Waals surface area contributed by atoms with Crippen LogP contribution in [-0.4, -0.2) is 97.4 Å². The van der Waals surface area contributed by atoms with E-state index in [9.17, 15) is 44.9 Å². The lowest BCUT2D eigenvalue weighted by Crippen LogP contribution is -2.64. The fraction of sp³-hybridized carbons (Fsp3) is 0.960. The van der Waals surface area contributed by atoms with Gasteiger partial charge in [-0.05, 0) is 6.42 Å². The monoisotopic (exact) mass is 572 g/mol. The van der Waals surface area contributed by atoms with Crippen molar-refractivity contribution in [1.29, 1.82) is 0 Å². The summed E-state index contributed by atoms with van der Waals surface area (Å²) in [6.07, 6.45) is 2.42. The average molecular weight is 573 g/mol. The summed E-state index contributed by atoms with van der Waals surface area (Å²) in [6.45, 7) is 0.973.